The van der Waals surface area contributed by atoms with Crippen LogP contribution >= 0.6 is 0 Å². The van der Waals surface area contributed by atoms with E-state index in [1.807, 2.05) is 0 Å². The highest BCUT2D eigenvalue weighted by Gasteiger charge is 2.26. The van der Waals surface area contributed by atoms with Crippen molar-refractivity contribution in [3.63, 3.8) is 0 Å². The summed E-state index contributed by atoms with van der Waals surface area (Å²) in [7, 11) is 0. The molecule has 0 aromatic heterocycles. The van der Waals surface area contributed by atoms with Crippen molar-refractivity contribution in [2.24, 2.45) is 11.8 Å². The Morgan fingerprint density at radius 1 is 0.900 bits per heavy atom. The van der Waals surface area contributed by atoms with E-state index in [9.17, 15) is 0 Å². The van der Waals surface area contributed by atoms with E-state index >= 15 is 0 Å². The van der Waals surface area contributed by atoms with E-state index in [-0.39, 0.29) is 0 Å². The molecule has 0 amide bonds. The van der Waals surface area contributed by atoms with Crippen LogP contribution in [0.1, 0.15) is 57.1 Å². The van der Waals surface area contributed by atoms with Gasteiger partial charge in [-0.1, -0.05) is 38.1 Å². The summed E-state index contributed by atoms with van der Waals surface area (Å²) in [5.74, 6) is 1.85. The van der Waals surface area contributed by atoms with Crippen LogP contribution in [0.2, 0.25) is 0 Å². The first kappa shape index (κ1) is 14.1. The molecule has 0 heterocycles. The van der Waals surface area contributed by atoms with Gasteiger partial charge >= 0.3 is 0 Å². The number of rotatable bonds is 3. The summed E-state index contributed by atoms with van der Waals surface area (Å²) >= 11 is 0. The molecule has 1 saturated carbocycles. The van der Waals surface area contributed by atoms with E-state index in [4.69, 9.17) is 0 Å². The van der Waals surface area contributed by atoms with Gasteiger partial charge < -0.3 is 5.32 Å². The molecular weight excluding hydrogens is 242 g/mol. The van der Waals surface area contributed by atoms with Gasteiger partial charge in [-0.05, 0) is 67.9 Å². The Kier molecular flexibility index (Phi) is 4.45. The van der Waals surface area contributed by atoms with Gasteiger partial charge in [-0.3, -0.25) is 0 Å². The molecule has 1 fully saturated rings. The molecule has 110 valence electrons. The molecule has 0 saturated heterocycles. The monoisotopic (exact) mass is 271 g/mol. The Morgan fingerprint density at radius 3 is 2.30 bits per heavy atom. The van der Waals surface area contributed by atoms with Gasteiger partial charge in [-0.15, -0.1) is 0 Å². The summed E-state index contributed by atoms with van der Waals surface area (Å²) in [4.78, 5) is 0. The topological polar surface area (TPSA) is 12.0 Å². The van der Waals surface area contributed by atoms with Crippen LogP contribution < -0.4 is 5.32 Å². The molecule has 1 nitrogen and oxygen atoms in total. The SMILES string of the molecule is CC(C)C1CCC(NC2CCc3ccccc3C2)CC1. The minimum absolute atomic E-state index is 0.713. The molecule has 2 aliphatic rings. The van der Waals surface area contributed by atoms with Gasteiger partial charge in [0.05, 0.1) is 0 Å². The van der Waals surface area contributed by atoms with Crippen molar-refractivity contribution in [2.75, 3.05) is 0 Å². The summed E-state index contributed by atoms with van der Waals surface area (Å²) in [6.07, 6.45) is 9.45. The molecule has 0 bridgehead atoms. The minimum Gasteiger partial charge on any atom is -0.311 e. The van der Waals surface area contributed by atoms with Gasteiger partial charge in [-0.2, -0.15) is 0 Å². The molecule has 1 N–H and O–H groups in total. The lowest BCUT2D eigenvalue weighted by molar-refractivity contribution is 0.224. The summed E-state index contributed by atoms with van der Waals surface area (Å²) in [6.45, 7) is 4.77. The second-order valence-electron chi connectivity index (χ2n) is 7.23. The van der Waals surface area contributed by atoms with Gasteiger partial charge in [0, 0.05) is 12.1 Å². The Bertz CT molecular complexity index is 429. The fraction of sp³-hybridized carbons (Fsp3) is 0.684. The first-order valence-electron chi connectivity index (χ1n) is 8.55. The van der Waals surface area contributed by atoms with Gasteiger partial charge in [0.15, 0.2) is 0 Å². The van der Waals surface area contributed by atoms with Gasteiger partial charge in [0.25, 0.3) is 0 Å². The molecule has 2 aliphatic carbocycles. The summed E-state index contributed by atoms with van der Waals surface area (Å²) in [6, 6.07) is 10.5. The fourth-order valence-electron chi connectivity index (χ4n) is 4.13. The third-order valence-electron chi connectivity index (χ3n) is 5.53. The van der Waals surface area contributed by atoms with Crippen LogP contribution in [-0.4, -0.2) is 12.1 Å². The zero-order chi connectivity index (χ0) is 13.9. The summed E-state index contributed by atoms with van der Waals surface area (Å²) in [5.41, 5.74) is 3.15. The van der Waals surface area contributed by atoms with Crippen molar-refractivity contribution < 1.29 is 0 Å². The second-order valence-corrected chi connectivity index (χ2v) is 7.23. The molecule has 1 aromatic carbocycles. The van der Waals surface area contributed by atoms with Crippen molar-refractivity contribution in [2.45, 2.75) is 70.9 Å². The average molecular weight is 271 g/mol. The third kappa shape index (κ3) is 3.25. The molecule has 0 radical (unpaired) electrons. The number of fused-ring (bicyclic) bond motifs is 1. The molecule has 0 spiro atoms. The van der Waals surface area contributed by atoms with Gasteiger partial charge in [0.1, 0.15) is 0 Å². The van der Waals surface area contributed by atoms with Crippen molar-refractivity contribution in [3.05, 3.63) is 35.4 Å². The third-order valence-corrected chi connectivity index (χ3v) is 5.53. The van der Waals surface area contributed by atoms with Crippen LogP contribution in [0, 0.1) is 11.8 Å². The number of benzene rings is 1. The lowest BCUT2D eigenvalue weighted by Gasteiger charge is -2.35. The van der Waals surface area contributed by atoms with Crippen LogP contribution in [-0.2, 0) is 12.8 Å². The highest BCUT2D eigenvalue weighted by atomic mass is 15.0. The lowest BCUT2D eigenvalue weighted by Crippen LogP contribution is -2.43. The highest BCUT2D eigenvalue weighted by Crippen LogP contribution is 2.31. The number of aryl methyl sites for hydroxylation is 1. The fourth-order valence-corrected chi connectivity index (χ4v) is 4.13. The predicted octanol–water partition coefficient (Wildman–Crippen LogP) is 4.35. The molecular formula is C19H29N. The zero-order valence-electron chi connectivity index (χ0n) is 13.1. The van der Waals surface area contributed by atoms with Crippen molar-refractivity contribution >= 4 is 0 Å². The lowest BCUT2D eigenvalue weighted by atomic mass is 9.79. The predicted molar refractivity (Wildman–Crippen MR) is 86.0 cm³/mol. The van der Waals surface area contributed by atoms with Crippen LogP contribution in [0.5, 0.6) is 0 Å². The zero-order valence-corrected chi connectivity index (χ0v) is 13.1. The average Bonchev–Trinajstić information content (AvgIpc) is 2.48. The first-order valence-corrected chi connectivity index (χ1v) is 8.55. The Balaban J connectivity index is 1.51. The van der Waals surface area contributed by atoms with Crippen molar-refractivity contribution in [1.29, 1.82) is 0 Å². The Morgan fingerprint density at radius 2 is 1.60 bits per heavy atom. The van der Waals surface area contributed by atoms with E-state index < -0.39 is 0 Å². The molecule has 3 rings (SSSR count). The maximum atomic E-state index is 3.96. The quantitative estimate of drug-likeness (QED) is 0.862. The van der Waals surface area contributed by atoms with E-state index in [1.54, 1.807) is 11.1 Å². The molecule has 1 heteroatoms. The number of hydrogen-bond donors (Lipinski definition) is 1. The van der Waals surface area contributed by atoms with Gasteiger partial charge in [-0.25, -0.2) is 0 Å². The first-order chi connectivity index (χ1) is 9.72. The standard InChI is InChI=1S/C19H29N/c1-14(2)15-7-10-18(11-8-15)20-19-12-9-16-5-3-4-6-17(16)13-19/h3-6,14-15,18-20H,7-13H2,1-2H3. The smallest absolute Gasteiger partial charge is 0.0113 e. The molecule has 1 aromatic rings. The van der Waals surface area contributed by atoms with E-state index in [2.05, 4.69) is 43.4 Å². The highest BCUT2D eigenvalue weighted by molar-refractivity contribution is 5.30. The molecule has 0 aliphatic heterocycles. The van der Waals surface area contributed by atoms with Crippen LogP contribution in [0.25, 0.3) is 0 Å². The molecule has 1 atom stereocenters. The summed E-state index contributed by atoms with van der Waals surface area (Å²) < 4.78 is 0. The van der Waals surface area contributed by atoms with Crippen LogP contribution in [0.3, 0.4) is 0 Å². The summed E-state index contributed by atoms with van der Waals surface area (Å²) in [5, 5.41) is 3.96. The normalized spacial score (nSPS) is 30.2. The minimum atomic E-state index is 0.713. The van der Waals surface area contributed by atoms with E-state index in [0.717, 1.165) is 17.9 Å². The Hall–Kier alpha value is -0.820. The van der Waals surface area contributed by atoms with E-state index in [0.29, 0.717) is 6.04 Å². The van der Waals surface area contributed by atoms with Crippen molar-refractivity contribution in [3.8, 4) is 0 Å². The number of hydrogen-bond acceptors (Lipinski definition) is 1. The maximum absolute atomic E-state index is 3.96. The molecule has 20 heavy (non-hydrogen) atoms. The van der Waals surface area contributed by atoms with Crippen LogP contribution in [0.15, 0.2) is 24.3 Å². The van der Waals surface area contributed by atoms with Crippen molar-refractivity contribution in [1.82, 2.24) is 5.32 Å². The molecule has 1 unspecified atom stereocenters. The maximum Gasteiger partial charge on any atom is 0.0113 e. The Labute approximate surface area is 124 Å². The van der Waals surface area contributed by atoms with Gasteiger partial charge in [0.2, 0.25) is 0 Å². The largest absolute Gasteiger partial charge is 0.311 e. The second kappa shape index (κ2) is 6.30. The number of nitrogens with one attached hydrogen (secondary N) is 1. The van der Waals surface area contributed by atoms with Crippen LogP contribution in [0.4, 0.5) is 0 Å². The van der Waals surface area contributed by atoms with E-state index in [1.165, 1.54) is 44.9 Å².